The van der Waals surface area contributed by atoms with E-state index in [0.29, 0.717) is 18.6 Å². The minimum Gasteiger partial charge on any atom is -0.466 e. The van der Waals surface area contributed by atoms with Crippen LogP contribution in [0.15, 0.2) is 35.9 Å². The van der Waals surface area contributed by atoms with Gasteiger partial charge in [-0.25, -0.2) is 0 Å². The summed E-state index contributed by atoms with van der Waals surface area (Å²) < 4.78 is 4.91. The van der Waals surface area contributed by atoms with Gasteiger partial charge in [-0.05, 0) is 25.0 Å². The van der Waals surface area contributed by atoms with E-state index < -0.39 is 0 Å². The number of hydrogen-bond acceptors (Lipinski definition) is 3. The summed E-state index contributed by atoms with van der Waals surface area (Å²) in [5, 5.41) is 0. The van der Waals surface area contributed by atoms with Gasteiger partial charge >= 0.3 is 5.97 Å². The molecule has 0 spiro atoms. The molecule has 0 bridgehead atoms. The van der Waals surface area contributed by atoms with Crippen LogP contribution in [-0.2, 0) is 14.3 Å². The molecule has 3 nitrogen and oxygen atoms in total. The van der Waals surface area contributed by atoms with Gasteiger partial charge in [0.15, 0.2) is 5.78 Å². The molecule has 0 unspecified atom stereocenters. The van der Waals surface area contributed by atoms with Crippen molar-refractivity contribution in [1.82, 2.24) is 0 Å². The van der Waals surface area contributed by atoms with Crippen LogP contribution in [0.25, 0.3) is 6.08 Å². The Morgan fingerprint density at radius 2 is 1.84 bits per heavy atom. The number of benzene rings is 1. The first-order valence-electron chi connectivity index (χ1n) is 6.61. The van der Waals surface area contributed by atoms with E-state index in [1.54, 1.807) is 13.0 Å². The van der Waals surface area contributed by atoms with Gasteiger partial charge in [-0.3, -0.25) is 9.59 Å². The minimum absolute atomic E-state index is 0.0133. The molecule has 0 saturated heterocycles. The number of hydrogen-bond donors (Lipinski definition) is 0. The van der Waals surface area contributed by atoms with Crippen LogP contribution in [-0.4, -0.2) is 18.4 Å². The van der Waals surface area contributed by atoms with E-state index in [1.807, 2.05) is 37.3 Å². The zero-order valence-corrected chi connectivity index (χ0v) is 11.5. The van der Waals surface area contributed by atoms with E-state index in [1.165, 1.54) is 0 Å². The van der Waals surface area contributed by atoms with Gasteiger partial charge < -0.3 is 4.74 Å². The summed E-state index contributed by atoms with van der Waals surface area (Å²) in [7, 11) is 0. The van der Waals surface area contributed by atoms with Gasteiger partial charge in [-0.2, -0.15) is 0 Å². The number of Topliss-reactive ketones (excluding diaryl/α,β-unsaturated/α-hetero) is 1. The normalized spacial score (nSPS) is 11.2. The van der Waals surface area contributed by atoms with Gasteiger partial charge in [0.05, 0.1) is 13.0 Å². The fourth-order valence-electron chi connectivity index (χ4n) is 1.74. The highest BCUT2D eigenvalue weighted by atomic mass is 16.5. The predicted octanol–water partition coefficient (Wildman–Crippen LogP) is 3.39. The number of rotatable bonds is 7. The fraction of sp³-hybridized carbons (Fsp3) is 0.375. The van der Waals surface area contributed by atoms with Crippen molar-refractivity contribution in [1.29, 1.82) is 0 Å². The van der Waals surface area contributed by atoms with Crippen molar-refractivity contribution in [3.63, 3.8) is 0 Å². The van der Waals surface area contributed by atoms with Crippen molar-refractivity contribution in [3.05, 3.63) is 41.5 Å². The van der Waals surface area contributed by atoms with E-state index >= 15 is 0 Å². The van der Waals surface area contributed by atoms with Gasteiger partial charge in [0, 0.05) is 12.0 Å². The first-order valence-corrected chi connectivity index (χ1v) is 6.61. The zero-order chi connectivity index (χ0) is 14.1. The van der Waals surface area contributed by atoms with Crippen LogP contribution in [0.2, 0.25) is 0 Å². The van der Waals surface area contributed by atoms with Crippen molar-refractivity contribution in [2.75, 3.05) is 6.61 Å². The maximum atomic E-state index is 12.0. The van der Waals surface area contributed by atoms with E-state index in [4.69, 9.17) is 4.74 Å². The van der Waals surface area contributed by atoms with Crippen LogP contribution < -0.4 is 0 Å². The van der Waals surface area contributed by atoms with Crippen LogP contribution in [0.1, 0.15) is 38.7 Å². The number of esters is 1. The zero-order valence-electron chi connectivity index (χ0n) is 11.5. The molecule has 19 heavy (non-hydrogen) atoms. The molecule has 1 aromatic rings. The third-order valence-electron chi connectivity index (χ3n) is 2.62. The maximum absolute atomic E-state index is 12.0. The molecule has 0 radical (unpaired) electrons. The van der Waals surface area contributed by atoms with Gasteiger partial charge in [0.1, 0.15) is 0 Å². The molecule has 0 aliphatic heterocycles. The smallest absolute Gasteiger partial charge is 0.310 e. The Labute approximate surface area is 114 Å². The predicted molar refractivity (Wildman–Crippen MR) is 75.6 cm³/mol. The maximum Gasteiger partial charge on any atom is 0.310 e. The molecule has 0 N–H and O–H groups in total. The van der Waals surface area contributed by atoms with Crippen molar-refractivity contribution in [2.24, 2.45) is 0 Å². The Balaban J connectivity index is 2.89. The van der Waals surface area contributed by atoms with E-state index in [-0.39, 0.29) is 18.2 Å². The fourth-order valence-corrected chi connectivity index (χ4v) is 1.74. The Morgan fingerprint density at radius 3 is 2.42 bits per heavy atom. The molecule has 0 saturated carbocycles. The quantitative estimate of drug-likeness (QED) is 0.557. The van der Waals surface area contributed by atoms with Crippen LogP contribution in [0, 0.1) is 0 Å². The molecule has 0 aliphatic carbocycles. The number of carbonyl (C=O) groups excluding carboxylic acids is 2. The molecule has 1 rings (SSSR count). The van der Waals surface area contributed by atoms with Crippen molar-refractivity contribution >= 4 is 17.8 Å². The second kappa shape index (κ2) is 8.25. The lowest BCUT2D eigenvalue weighted by Gasteiger charge is -2.06. The topological polar surface area (TPSA) is 43.4 Å². The second-order valence-electron chi connectivity index (χ2n) is 4.24. The average Bonchev–Trinajstić information content (AvgIpc) is 2.40. The standard InChI is InChI=1S/C16H20O3/c1-3-8-15(17)14(12-16(18)19-4-2)11-13-9-6-5-7-10-13/h5-7,9-11H,3-4,8,12H2,1-2H3/b14-11+. The van der Waals surface area contributed by atoms with Crippen LogP contribution in [0.5, 0.6) is 0 Å². The first-order chi connectivity index (χ1) is 9.17. The summed E-state index contributed by atoms with van der Waals surface area (Å²) in [6.45, 7) is 4.04. The van der Waals surface area contributed by atoms with Gasteiger partial charge in [-0.1, -0.05) is 37.3 Å². The molecule has 0 heterocycles. The Bertz CT molecular complexity index is 446. The molecule has 0 aromatic heterocycles. The molecule has 0 amide bonds. The van der Waals surface area contributed by atoms with Crippen molar-refractivity contribution in [2.45, 2.75) is 33.1 Å². The molecule has 0 atom stereocenters. The third-order valence-corrected chi connectivity index (χ3v) is 2.62. The highest BCUT2D eigenvalue weighted by Crippen LogP contribution is 2.14. The lowest BCUT2D eigenvalue weighted by atomic mass is 10.0. The molecule has 102 valence electrons. The SMILES string of the molecule is CCCC(=O)/C(=C/c1ccccc1)CC(=O)OCC. The third kappa shape index (κ3) is 5.51. The monoisotopic (exact) mass is 260 g/mol. The number of ether oxygens (including phenoxy) is 1. The summed E-state index contributed by atoms with van der Waals surface area (Å²) in [6, 6.07) is 9.53. The molecular weight excluding hydrogens is 240 g/mol. The van der Waals surface area contributed by atoms with Gasteiger partial charge in [0.2, 0.25) is 0 Å². The van der Waals surface area contributed by atoms with Crippen molar-refractivity contribution in [3.8, 4) is 0 Å². The Hall–Kier alpha value is -1.90. The molecule has 3 heteroatoms. The van der Waals surface area contributed by atoms with Crippen LogP contribution in [0.4, 0.5) is 0 Å². The molecule has 0 aliphatic rings. The summed E-state index contributed by atoms with van der Waals surface area (Å²) in [5.74, 6) is -0.339. The lowest BCUT2D eigenvalue weighted by molar-refractivity contribution is -0.142. The van der Waals surface area contributed by atoms with E-state index in [0.717, 1.165) is 12.0 Å². The van der Waals surface area contributed by atoms with E-state index in [2.05, 4.69) is 0 Å². The summed E-state index contributed by atoms with van der Waals surface area (Å²) in [5.41, 5.74) is 1.44. The van der Waals surface area contributed by atoms with Crippen LogP contribution >= 0.6 is 0 Å². The number of ketones is 1. The van der Waals surface area contributed by atoms with E-state index in [9.17, 15) is 9.59 Å². The minimum atomic E-state index is -0.353. The Morgan fingerprint density at radius 1 is 1.16 bits per heavy atom. The molecule has 0 fully saturated rings. The highest BCUT2D eigenvalue weighted by Gasteiger charge is 2.14. The summed E-state index contributed by atoms with van der Waals surface area (Å²) in [6.07, 6.45) is 3.04. The van der Waals surface area contributed by atoms with Crippen molar-refractivity contribution < 1.29 is 14.3 Å². The first kappa shape index (κ1) is 15.2. The molecular formula is C16H20O3. The average molecular weight is 260 g/mol. The molecule has 1 aromatic carbocycles. The summed E-state index contributed by atoms with van der Waals surface area (Å²) in [4.78, 5) is 23.5. The Kier molecular flexibility index (Phi) is 6.58. The largest absolute Gasteiger partial charge is 0.466 e. The van der Waals surface area contributed by atoms with Gasteiger partial charge in [0.25, 0.3) is 0 Å². The van der Waals surface area contributed by atoms with Crippen LogP contribution in [0.3, 0.4) is 0 Å². The lowest BCUT2D eigenvalue weighted by Crippen LogP contribution is -2.11. The highest BCUT2D eigenvalue weighted by molar-refractivity contribution is 6.02. The number of carbonyl (C=O) groups is 2. The summed E-state index contributed by atoms with van der Waals surface area (Å²) >= 11 is 0. The second-order valence-corrected chi connectivity index (χ2v) is 4.24. The van der Waals surface area contributed by atoms with Gasteiger partial charge in [-0.15, -0.1) is 0 Å².